The highest BCUT2D eigenvalue weighted by molar-refractivity contribution is 7.89. The van der Waals surface area contributed by atoms with Crippen LogP contribution in [0.1, 0.15) is 12.0 Å². The van der Waals surface area contributed by atoms with Crippen molar-refractivity contribution in [2.75, 3.05) is 5.73 Å². The van der Waals surface area contributed by atoms with Crippen LogP contribution < -0.4 is 10.9 Å². The van der Waals surface area contributed by atoms with E-state index in [0.29, 0.717) is 6.07 Å². The molecule has 0 saturated carbocycles. The highest BCUT2D eigenvalue weighted by Gasteiger charge is 2.25. The Labute approximate surface area is 89.1 Å². The lowest BCUT2D eigenvalue weighted by atomic mass is 10.2. The van der Waals surface area contributed by atoms with Crippen LogP contribution in [0.25, 0.3) is 0 Å². The van der Waals surface area contributed by atoms with E-state index >= 15 is 0 Å². The second-order valence-corrected chi connectivity index (χ2v) is 4.48. The topological polar surface area (TPSA) is 99.1 Å². The summed E-state index contributed by atoms with van der Waals surface area (Å²) in [6.45, 7) is 0. The average Bonchev–Trinajstić information content (AvgIpc) is 1.99. The molecule has 1 heterocycles. The van der Waals surface area contributed by atoms with Crippen LogP contribution in [0.3, 0.4) is 0 Å². The standard InChI is InChI=1S/C6H6ClF2N3O2S/c7-3-1-2(5(8)9)4(6(10)12-3)15(11,13)14/h1,5H,(H2,10,12)(H2,11,13,14). The number of aromatic nitrogens is 1. The highest BCUT2D eigenvalue weighted by Crippen LogP contribution is 2.30. The van der Waals surface area contributed by atoms with E-state index in [1.54, 1.807) is 0 Å². The van der Waals surface area contributed by atoms with Crippen LogP contribution in [-0.2, 0) is 10.0 Å². The van der Waals surface area contributed by atoms with Crippen molar-refractivity contribution in [2.24, 2.45) is 5.14 Å². The zero-order valence-corrected chi connectivity index (χ0v) is 8.69. The molecule has 0 aliphatic heterocycles. The van der Waals surface area contributed by atoms with Gasteiger partial charge in [-0.25, -0.2) is 27.3 Å². The molecule has 84 valence electrons. The number of halogens is 3. The van der Waals surface area contributed by atoms with Gasteiger partial charge in [-0.3, -0.25) is 0 Å². The highest BCUT2D eigenvalue weighted by atomic mass is 35.5. The molecule has 0 amide bonds. The molecule has 0 bridgehead atoms. The fraction of sp³-hybridized carbons (Fsp3) is 0.167. The van der Waals surface area contributed by atoms with Gasteiger partial charge in [0.2, 0.25) is 10.0 Å². The molecule has 0 radical (unpaired) electrons. The van der Waals surface area contributed by atoms with Crippen LogP contribution in [0.5, 0.6) is 0 Å². The second-order valence-electron chi connectivity index (χ2n) is 2.59. The largest absolute Gasteiger partial charge is 0.383 e. The number of nitrogens with zero attached hydrogens (tertiary/aromatic N) is 1. The van der Waals surface area contributed by atoms with Gasteiger partial charge in [0.1, 0.15) is 15.9 Å². The van der Waals surface area contributed by atoms with Crippen molar-refractivity contribution < 1.29 is 17.2 Å². The summed E-state index contributed by atoms with van der Waals surface area (Å²) in [5.74, 6) is -0.639. The van der Waals surface area contributed by atoms with Crippen molar-refractivity contribution >= 4 is 27.4 Å². The number of alkyl halides is 2. The number of anilines is 1. The number of sulfonamides is 1. The number of nitrogen functional groups attached to an aromatic ring is 1. The Hall–Kier alpha value is -0.990. The Morgan fingerprint density at radius 1 is 1.47 bits per heavy atom. The number of primary sulfonamides is 1. The lowest BCUT2D eigenvalue weighted by molar-refractivity contribution is 0.148. The molecule has 0 fully saturated rings. The molecular formula is C6H6ClF2N3O2S. The fourth-order valence-electron chi connectivity index (χ4n) is 1.01. The summed E-state index contributed by atoms with van der Waals surface area (Å²) in [5, 5.41) is 4.40. The molecule has 0 aromatic carbocycles. The average molecular weight is 258 g/mol. The van der Waals surface area contributed by atoms with Crippen molar-refractivity contribution in [3.63, 3.8) is 0 Å². The van der Waals surface area contributed by atoms with Crippen LogP contribution in [0.15, 0.2) is 11.0 Å². The molecular weight excluding hydrogens is 252 g/mol. The summed E-state index contributed by atoms with van der Waals surface area (Å²) in [7, 11) is -4.35. The molecule has 1 rings (SSSR count). The van der Waals surface area contributed by atoms with Crippen molar-refractivity contribution in [1.82, 2.24) is 4.98 Å². The van der Waals surface area contributed by atoms with Gasteiger partial charge in [-0.05, 0) is 6.07 Å². The zero-order chi connectivity index (χ0) is 11.8. The van der Waals surface area contributed by atoms with E-state index in [1.165, 1.54) is 0 Å². The minimum Gasteiger partial charge on any atom is -0.383 e. The summed E-state index contributed by atoms with van der Waals surface area (Å²) in [6, 6.07) is 0.711. The quantitative estimate of drug-likeness (QED) is 0.769. The van der Waals surface area contributed by atoms with E-state index in [4.69, 9.17) is 22.5 Å². The molecule has 0 atom stereocenters. The van der Waals surface area contributed by atoms with E-state index in [1.807, 2.05) is 0 Å². The van der Waals surface area contributed by atoms with Gasteiger partial charge >= 0.3 is 0 Å². The number of hydrogen-bond acceptors (Lipinski definition) is 4. The molecule has 15 heavy (non-hydrogen) atoms. The maximum atomic E-state index is 12.5. The molecule has 0 spiro atoms. The van der Waals surface area contributed by atoms with Gasteiger partial charge in [-0.15, -0.1) is 0 Å². The van der Waals surface area contributed by atoms with Crippen LogP contribution >= 0.6 is 11.6 Å². The van der Waals surface area contributed by atoms with E-state index in [9.17, 15) is 17.2 Å². The third kappa shape index (κ3) is 2.52. The molecule has 0 saturated heterocycles. The van der Waals surface area contributed by atoms with Gasteiger partial charge < -0.3 is 5.73 Å². The maximum Gasteiger partial charge on any atom is 0.265 e. The van der Waals surface area contributed by atoms with Crippen LogP contribution in [-0.4, -0.2) is 13.4 Å². The zero-order valence-electron chi connectivity index (χ0n) is 7.12. The normalized spacial score (nSPS) is 12.1. The first-order valence-electron chi connectivity index (χ1n) is 3.50. The van der Waals surface area contributed by atoms with Crippen LogP contribution in [0.4, 0.5) is 14.6 Å². The third-order valence-electron chi connectivity index (χ3n) is 1.52. The Balaban J connectivity index is 3.62. The lowest BCUT2D eigenvalue weighted by Gasteiger charge is -2.09. The maximum absolute atomic E-state index is 12.5. The van der Waals surface area contributed by atoms with E-state index in [0.717, 1.165) is 0 Å². The predicted octanol–water partition coefficient (Wildman–Crippen LogP) is 0.902. The number of rotatable bonds is 2. The first-order valence-corrected chi connectivity index (χ1v) is 5.42. The predicted molar refractivity (Wildman–Crippen MR) is 50.0 cm³/mol. The van der Waals surface area contributed by atoms with Gasteiger partial charge in [0.15, 0.2) is 0 Å². The molecule has 5 nitrogen and oxygen atoms in total. The first kappa shape index (κ1) is 12.1. The van der Waals surface area contributed by atoms with Crippen LogP contribution in [0, 0.1) is 0 Å². The van der Waals surface area contributed by atoms with Gasteiger partial charge in [-0.2, -0.15) is 0 Å². The Kier molecular flexibility index (Phi) is 3.12. The van der Waals surface area contributed by atoms with Crippen molar-refractivity contribution in [3.8, 4) is 0 Å². The third-order valence-corrected chi connectivity index (χ3v) is 2.72. The number of pyridine rings is 1. The Bertz CT molecular complexity index is 491. The molecule has 0 unspecified atom stereocenters. The summed E-state index contributed by atoms with van der Waals surface area (Å²) in [5.41, 5.74) is 4.31. The van der Waals surface area contributed by atoms with Gasteiger partial charge in [0.25, 0.3) is 6.43 Å². The molecule has 1 aromatic rings. The van der Waals surface area contributed by atoms with E-state index in [2.05, 4.69) is 4.98 Å². The summed E-state index contributed by atoms with van der Waals surface area (Å²) >= 11 is 5.36. The number of nitrogens with two attached hydrogens (primary N) is 2. The lowest BCUT2D eigenvalue weighted by Crippen LogP contribution is -2.18. The van der Waals surface area contributed by atoms with E-state index in [-0.39, 0.29) is 5.15 Å². The molecule has 0 aliphatic carbocycles. The minimum atomic E-state index is -4.35. The smallest absolute Gasteiger partial charge is 0.265 e. The van der Waals surface area contributed by atoms with Crippen molar-refractivity contribution in [2.45, 2.75) is 11.3 Å². The van der Waals surface area contributed by atoms with Gasteiger partial charge in [0.05, 0.1) is 0 Å². The molecule has 9 heteroatoms. The summed E-state index contributed by atoms with van der Waals surface area (Å²) in [4.78, 5) is 2.45. The fourth-order valence-corrected chi connectivity index (χ4v) is 2.03. The van der Waals surface area contributed by atoms with Gasteiger partial charge in [-0.1, -0.05) is 11.6 Å². The van der Waals surface area contributed by atoms with Crippen molar-refractivity contribution in [1.29, 1.82) is 0 Å². The van der Waals surface area contributed by atoms with E-state index < -0.39 is 32.7 Å². The first-order chi connectivity index (χ1) is 6.73. The Morgan fingerprint density at radius 3 is 2.40 bits per heavy atom. The van der Waals surface area contributed by atoms with Crippen LogP contribution in [0.2, 0.25) is 5.15 Å². The minimum absolute atomic E-state index is 0.324. The Morgan fingerprint density at radius 2 is 2.00 bits per heavy atom. The SMILES string of the molecule is Nc1nc(Cl)cc(C(F)F)c1S(N)(=O)=O. The summed E-state index contributed by atoms with van der Waals surface area (Å²) < 4.78 is 46.9. The monoisotopic (exact) mass is 257 g/mol. The van der Waals surface area contributed by atoms with Crippen molar-refractivity contribution in [3.05, 3.63) is 16.8 Å². The summed E-state index contributed by atoms with van der Waals surface area (Å²) in [6.07, 6.45) is -3.05. The molecule has 0 aliphatic rings. The number of hydrogen-bond donors (Lipinski definition) is 2. The molecule has 4 N–H and O–H groups in total. The second kappa shape index (κ2) is 3.87. The van der Waals surface area contributed by atoms with Gasteiger partial charge in [0, 0.05) is 5.56 Å². The molecule has 1 aromatic heterocycles.